The highest BCUT2D eigenvalue weighted by molar-refractivity contribution is 7.10. The summed E-state index contributed by atoms with van der Waals surface area (Å²) in [6.45, 7) is 2.05. The van der Waals surface area contributed by atoms with Crippen LogP contribution >= 0.6 is 11.3 Å². The van der Waals surface area contributed by atoms with Gasteiger partial charge in [0.2, 0.25) is 0 Å². The Balaban J connectivity index is 2.14. The van der Waals surface area contributed by atoms with Crippen LogP contribution in [-0.2, 0) is 0 Å². The largest absolute Gasteiger partial charge is 0.398 e. The predicted octanol–water partition coefficient (Wildman–Crippen LogP) is 3.21. The molecule has 0 aliphatic carbocycles. The summed E-state index contributed by atoms with van der Waals surface area (Å²) in [5, 5.41) is 5.03. The second kappa shape index (κ2) is 5.69. The standard InChI is InChI=1S/C14H16N2OS/c1-2-12(13-8-5-9-18-13)16-14(17)10-6-3-4-7-11(10)15/h3-9,12H,2,15H2,1H3,(H,16,17). The molecule has 94 valence electrons. The Kier molecular flexibility index (Phi) is 3.99. The van der Waals surface area contributed by atoms with Crippen LogP contribution in [0.3, 0.4) is 0 Å². The molecule has 0 aliphatic rings. The Morgan fingerprint density at radius 1 is 1.33 bits per heavy atom. The molecule has 1 atom stereocenters. The van der Waals surface area contributed by atoms with E-state index in [2.05, 4.69) is 12.2 Å². The van der Waals surface area contributed by atoms with Gasteiger partial charge in [-0.25, -0.2) is 0 Å². The number of carbonyl (C=O) groups excluding carboxylic acids is 1. The fraction of sp³-hybridized carbons (Fsp3) is 0.214. The first-order valence-corrected chi connectivity index (χ1v) is 6.79. The van der Waals surface area contributed by atoms with E-state index >= 15 is 0 Å². The third kappa shape index (κ3) is 2.71. The quantitative estimate of drug-likeness (QED) is 0.829. The lowest BCUT2D eigenvalue weighted by atomic mass is 10.1. The number of para-hydroxylation sites is 1. The average Bonchev–Trinajstić information content (AvgIpc) is 2.90. The summed E-state index contributed by atoms with van der Waals surface area (Å²) in [6.07, 6.45) is 0.860. The molecule has 0 spiro atoms. The number of nitrogens with two attached hydrogens (primary N) is 1. The number of thiophene rings is 1. The molecule has 4 heteroatoms. The summed E-state index contributed by atoms with van der Waals surface area (Å²) in [7, 11) is 0. The van der Waals surface area contributed by atoms with Crippen LogP contribution in [0.2, 0.25) is 0 Å². The smallest absolute Gasteiger partial charge is 0.253 e. The molecule has 1 amide bonds. The van der Waals surface area contributed by atoms with Gasteiger partial charge in [0.1, 0.15) is 0 Å². The van der Waals surface area contributed by atoms with Gasteiger partial charge in [-0.1, -0.05) is 25.1 Å². The monoisotopic (exact) mass is 260 g/mol. The third-order valence-electron chi connectivity index (χ3n) is 2.81. The molecule has 0 fully saturated rings. The van der Waals surface area contributed by atoms with Gasteiger partial charge in [0.05, 0.1) is 11.6 Å². The lowest BCUT2D eigenvalue weighted by Crippen LogP contribution is -2.28. The van der Waals surface area contributed by atoms with Crippen LogP contribution in [0.15, 0.2) is 41.8 Å². The Hall–Kier alpha value is -1.81. The summed E-state index contributed by atoms with van der Waals surface area (Å²) in [5.41, 5.74) is 6.84. The van der Waals surface area contributed by atoms with Crippen LogP contribution in [0, 0.1) is 0 Å². The molecule has 3 nitrogen and oxygen atoms in total. The summed E-state index contributed by atoms with van der Waals surface area (Å²) in [4.78, 5) is 13.3. The number of carbonyl (C=O) groups is 1. The molecule has 18 heavy (non-hydrogen) atoms. The van der Waals surface area contributed by atoms with Gasteiger partial charge >= 0.3 is 0 Å². The van der Waals surface area contributed by atoms with Crippen molar-refractivity contribution in [3.63, 3.8) is 0 Å². The van der Waals surface area contributed by atoms with Crippen LogP contribution in [0.1, 0.15) is 34.6 Å². The molecule has 0 saturated heterocycles. The SMILES string of the molecule is CCC(NC(=O)c1ccccc1N)c1cccs1. The van der Waals surface area contributed by atoms with Crippen LogP contribution in [0.5, 0.6) is 0 Å². The normalized spacial score (nSPS) is 12.1. The summed E-state index contributed by atoms with van der Waals surface area (Å²) < 4.78 is 0. The van der Waals surface area contributed by atoms with Gasteiger partial charge in [-0.3, -0.25) is 4.79 Å². The molecule has 1 aromatic carbocycles. The lowest BCUT2D eigenvalue weighted by Gasteiger charge is -2.16. The number of nitrogen functional groups attached to an aromatic ring is 1. The highest BCUT2D eigenvalue weighted by atomic mass is 32.1. The van der Waals surface area contributed by atoms with Crippen LogP contribution in [0.4, 0.5) is 5.69 Å². The second-order valence-corrected chi connectivity index (χ2v) is 5.02. The van der Waals surface area contributed by atoms with Gasteiger partial charge < -0.3 is 11.1 Å². The molecule has 0 bridgehead atoms. The Labute approximate surface area is 111 Å². The maximum absolute atomic E-state index is 12.1. The first kappa shape index (κ1) is 12.6. The van der Waals surface area contributed by atoms with Crippen molar-refractivity contribution in [2.24, 2.45) is 0 Å². The number of nitrogens with one attached hydrogen (secondary N) is 1. The zero-order chi connectivity index (χ0) is 13.0. The highest BCUT2D eigenvalue weighted by Crippen LogP contribution is 2.22. The molecule has 2 aromatic rings. The Morgan fingerprint density at radius 2 is 2.11 bits per heavy atom. The minimum Gasteiger partial charge on any atom is -0.398 e. The fourth-order valence-electron chi connectivity index (χ4n) is 1.80. The number of hydrogen-bond acceptors (Lipinski definition) is 3. The van der Waals surface area contributed by atoms with E-state index in [0.717, 1.165) is 6.42 Å². The van der Waals surface area contributed by atoms with Crippen molar-refractivity contribution in [2.45, 2.75) is 19.4 Å². The van der Waals surface area contributed by atoms with Crippen LogP contribution < -0.4 is 11.1 Å². The average molecular weight is 260 g/mol. The van der Waals surface area contributed by atoms with Gasteiger partial charge in [0, 0.05) is 10.6 Å². The second-order valence-electron chi connectivity index (χ2n) is 4.04. The molecule has 0 aliphatic heterocycles. The van der Waals surface area contributed by atoms with Crippen molar-refractivity contribution >= 4 is 22.9 Å². The van der Waals surface area contributed by atoms with Crippen molar-refractivity contribution in [3.8, 4) is 0 Å². The van der Waals surface area contributed by atoms with Gasteiger partial charge in [-0.2, -0.15) is 0 Å². The maximum Gasteiger partial charge on any atom is 0.253 e. The van der Waals surface area contributed by atoms with Crippen LogP contribution in [-0.4, -0.2) is 5.91 Å². The van der Waals surface area contributed by atoms with E-state index in [1.54, 1.807) is 23.5 Å². The zero-order valence-electron chi connectivity index (χ0n) is 10.2. The fourth-order valence-corrected chi connectivity index (χ4v) is 2.66. The number of amides is 1. The molecule has 3 N–H and O–H groups in total. The summed E-state index contributed by atoms with van der Waals surface area (Å²) in [5.74, 6) is -0.117. The Bertz CT molecular complexity index is 522. The first-order chi connectivity index (χ1) is 8.72. The first-order valence-electron chi connectivity index (χ1n) is 5.91. The molecule has 0 saturated carbocycles. The van der Waals surface area contributed by atoms with E-state index in [1.165, 1.54) is 4.88 Å². The van der Waals surface area contributed by atoms with Crippen LogP contribution in [0.25, 0.3) is 0 Å². The maximum atomic E-state index is 12.1. The summed E-state index contributed by atoms with van der Waals surface area (Å²) >= 11 is 1.65. The molecule has 1 heterocycles. The zero-order valence-corrected chi connectivity index (χ0v) is 11.0. The highest BCUT2D eigenvalue weighted by Gasteiger charge is 2.16. The third-order valence-corrected chi connectivity index (χ3v) is 3.79. The molecule has 1 unspecified atom stereocenters. The topological polar surface area (TPSA) is 55.1 Å². The molecule has 1 aromatic heterocycles. The van der Waals surface area contributed by atoms with Gasteiger partial charge in [-0.05, 0) is 30.0 Å². The number of anilines is 1. The van der Waals surface area contributed by atoms with Gasteiger partial charge in [0.15, 0.2) is 0 Å². The lowest BCUT2D eigenvalue weighted by molar-refractivity contribution is 0.0937. The number of benzene rings is 1. The minimum absolute atomic E-state index is 0.0529. The van der Waals surface area contributed by atoms with E-state index in [-0.39, 0.29) is 11.9 Å². The number of hydrogen-bond donors (Lipinski definition) is 2. The van der Waals surface area contributed by atoms with Gasteiger partial charge in [-0.15, -0.1) is 11.3 Å². The predicted molar refractivity (Wildman–Crippen MR) is 75.7 cm³/mol. The van der Waals surface area contributed by atoms with Crippen molar-refractivity contribution in [3.05, 3.63) is 52.2 Å². The molecule has 2 rings (SSSR count). The van der Waals surface area contributed by atoms with E-state index in [1.807, 2.05) is 29.6 Å². The van der Waals surface area contributed by atoms with E-state index < -0.39 is 0 Å². The van der Waals surface area contributed by atoms with Crippen molar-refractivity contribution in [1.82, 2.24) is 5.32 Å². The van der Waals surface area contributed by atoms with E-state index in [4.69, 9.17) is 5.73 Å². The van der Waals surface area contributed by atoms with Crippen molar-refractivity contribution in [2.75, 3.05) is 5.73 Å². The van der Waals surface area contributed by atoms with Crippen molar-refractivity contribution < 1.29 is 4.79 Å². The molecule has 0 radical (unpaired) electrons. The van der Waals surface area contributed by atoms with E-state index in [0.29, 0.717) is 11.3 Å². The summed E-state index contributed by atoms with van der Waals surface area (Å²) in [6, 6.07) is 11.2. The number of rotatable bonds is 4. The Morgan fingerprint density at radius 3 is 2.72 bits per heavy atom. The van der Waals surface area contributed by atoms with Gasteiger partial charge in [0.25, 0.3) is 5.91 Å². The van der Waals surface area contributed by atoms with E-state index in [9.17, 15) is 4.79 Å². The molecular formula is C14H16N2OS. The molecular weight excluding hydrogens is 244 g/mol. The van der Waals surface area contributed by atoms with Crippen molar-refractivity contribution in [1.29, 1.82) is 0 Å². The minimum atomic E-state index is -0.117.